The zero-order valence-electron chi connectivity index (χ0n) is 15.3. The normalized spacial score (nSPS) is 11.1. The van der Waals surface area contributed by atoms with Gasteiger partial charge in [0.05, 0.1) is 25.7 Å². The predicted octanol–water partition coefficient (Wildman–Crippen LogP) is 3.47. The molecule has 3 aromatic carbocycles. The maximum absolute atomic E-state index is 11.9. The topological polar surface area (TPSA) is 63.5 Å². The number of carboxylic acid groups (broad SMARTS) is 1. The van der Waals surface area contributed by atoms with E-state index in [4.69, 9.17) is 9.47 Å². The Labute approximate surface area is 156 Å². The minimum atomic E-state index is -1.21. The van der Waals surface area contributed by atoms with Gasteiger partial charge in [-0.05, 0) is 37.3 Å². The Morgan fingerprint density at radius 2 is 1.59 bits per heavy atom. The number of fused-ring (bicyclic) bond motifs is 3. The lowest BCUT2D eigenvalue weighted by molar-refractivity contribution is -0.254. The molecule has 0 saturated heterocycles. The fourth-order valence-electron chi connectivity index (χ4n) is 3.71. The summed E-state index contributed by atoms with van der Waals surface area (Å²) in [6.45, 7) is 1.79. The second-order valence-electron chi connectivity index (χ2n) is 6.30. The van der Waals surface area contributed by atoms with Crippen molar-refractivity contribution in [3.63, 3.8) is 0 Å². The van der Waals surface area contributed by atoms with E-state index in [1.807, 2.05) is 53.1 Å². The van der Waals surface area contributed by atoms with Crippen molar-refractivity contribution in [1.29, 1.82) is 0 Å². The van der Waals surface area contributed by atoms with Gasteiger partial charge in [0.2, 0.25) is 0 Å². The third-order valence-corrected chi connectivity index (χ3v) is 4.92. The van der Waals surface area contributed by atoms with Crippen LogP contribution in [0.25, 0.3) is 27.4 Å². The monoisotopic (exact) mass is 360 g/mol. The summed E-state index contributed by atoms with van der Waals surface area (Å²) in [7, 11) is 3.19. The van der Waals surface area contributed by atoms with Gasteiger partial charge in [-0.15, -0.1) is 0 Å². The summed E-state index contributed by atoms with van der Waals surface area (Å²) in [5.74, 6) is 0.161. The van der Waals surface area contributed by atoms with Crippen LogP contribution in [0.1, 0.15) is 16.1 Å². The van der Waals surface area contributed by atoms with E-state index in [2.05, 4.69) is 0 Å². The molecule has 5 heteroatoms. The summed E-state index contributed by atoms with van der Waals surface area (Å²) >= 11 is 0. The van der Waals surface area contributed by atoms with E-state index in [1.54, 1.807) is 27.2 Å². The zero-order valence-corrected chi connectivity index (χ0v) is 15.3. The van der Waals surface area contributed by atoms with E-state index in [0.29, 0.717) is 16.8 Å². The maximum Gasteiger partial charge on any atom is 0.127 e. The highest BCUT2D eigenvalue weighted by atomic mass is 16.5. The van der Waals surface area contributed by atoms with E-state index in [1.165, 1.54) is 0 Å². The number of aromatic carboxylic acids is 1. The van der Waals surface area contributed by atoms with E-state index < -0.39 is 5.97 Å². The van der Waals surface area contributed by atoms with Gasteiger partial charge in [-0.25, -0.2) is 0 Å². The smallest absolute Gasteiger partial charge is 0.127 e. The molecule has 1 aromatic heterocycles. The van der Waals surface area contributed by atoms with Crippen molar-refractivity contribution in [2.75, 3.05) is 14.2 Å². The number of rotatable bonds is 4. The number of nitrogens with zero attached hydrogens (tertiary/aromatic N) is 1. The third kappa shape index (κ3) is 2.51. The molecule has 0 aliphatic rings. The first-order chi connectivity index (χ1) is 13.1. The standard InChI is InChI=1S/C22H19NO4/c1-13-20(22(24)25)18-12-19(27-3)16-6-4-5-7-17(16)21(18)23(13)14-8-10-15(26-2)11-9-14/h4-12H,1-3H3,(H,24,25)/p-1. The molecule has 0 bridgehead atoms. The third-order valence-electron chi connectivity index (χ3n) is 4.92. The van der Waals surface area contributed by atoms with Crippen LogP contribution >= 0.6 is 0 Å². The first kappa shape index (κ1) is 17.0. The minimum Gasteiger partial charge on any atom is -0.545 e. The van der Waals surface area contributed by atoms with Crippen LogP contribution in [0.4, 0.5) is 0 Å². The lowest BCUT2D eigenvalue weighted by atomic mass is 10.0. The van der Waals surface area contributed by atoms with Crippen molar-refractivity contribution in [2.45, 2.75) is 6.92 Å². The molecular formula is C22H18NO4-. The first-order valence-electron chi connectivity index (χ1n) is 8.53. The van der Waals surface area contributed by atoms with Crippen molar-refractivity contribution in [2.24, 2.45) is 0 Å². The molecule has 0 fully saturated rings. The summed E-state index contributed by atoms with van der Waals surface area (Å²) in [5.41, 5.74) is 2.44. The van der Waals surface area contributed by atoms with Crippen LogP contribution in [0.5, 0.6) is 11.5 Å². The number of ether oxygens (including phenoxy) is 2. The van der Waals surface area contributed by atoms with Gasteiger partial charge in [-0.2, -0.15) is 0 Å². The van der Waals surface area contributed by atoms with Crippen LogP contribution in [-0.4, -0.2) is 24.8 Å². The number of carboxylic acids is 1. The van der Waals surface area contributed by atoms with Crippen molar-refractivity contribution in [3.05, 3.63) is 65.9 Å². The second-order valence-corrected chi connectivity index (χ2v) is 6.30. The molecule has 0 radical (unpaired) electrons. The number of hydrogen-bond acceptors (Lipinski definition) is 4. The van der Waals surface area contributed by atoms with Crippen molar-refractivity contribution >= 4 is 27.6 Å². The first-order valence-corrected chi connectivity index (χ1v) is 8.53. The highest BCUT2D eigenvalue weighted by Gasteiger charge is 2.20. The molecule has 0 aliphatic heterocycles. The number of carbonyl (C=O) groups is 1. The predicted molar refractivity (Wildman–Crippen MR) is 103 cm³/mol. The molecule has 0 aliphatic carbocycles. The number of carbonyl (C=O) groups excluding carboxylic acids is 1. The zero-order chi connectivity index (χ0) is 19.1. The van der Waals surface area contributed by atoms with E-state index in [-0.39, 0.29) is 5.56 Å². The van der Waals surface area contributed by atoms with Gasteiger partial charge in [-0.3, -0.25) is 0 Å². The Kier molecular flexibility index (Phi) is 4.00. The Morgan fingerprint density at radius 1 is 0.926 bits per heavy atom. The molecule has 27 heavy (non-hydrogen) atoms. The number of methoxy groups -OCH3 is 2. The van der Waals surface area contributed by atoms with Gasteiger partial charge in [0, 0.05) is 33.1 Å². The highest BCUT2D eigenvalue weighted by Crippen LogP contribution is 2.39. The second kappa shape index (κ2) is 6.36. The Bertz CT molecular complexity index is 1170. The number of hydrogen-bond donors (Lipinski definition) is 0. The Balaban J connectivity index is 2.19. The van der Waals surface area contributed by atoms with Gasteiger partial charge in [-0.1, -0.05) is 24.3 Å². The molecule has 0 unspecified atom stereocenters. The molecule has 0 amide bonds. The highest BCUT2D eigenvalue weighted by molar-refractivity contribution is 6.16. The largest absolute Gasteiger partial charge is 0.545 e. The molecule has 136 valence electrons. The van der Waals surface area contributed by atoms with Gasteiger partial charge in [0.15, 0.2) is 0 Å². The summed E-state index contributed by atoms with van der Waals surface area (Å²) in [4.78, 5) is 11.9. The summed E-state index contributed by atoms with van der Waals surface area (Å²) in [6, 6.07) is 17.1. The molecule has 0 spiro atoms. The molecule has 5 nitrogen and oxygen atoms in total. The summed E-state index contributed by atoms with van der Waals surface area (Å²) in [5, 5.41) is 14.4. The van der Waals surface area contributed by atoms with E-state index in [9.17, 15) is 9.90 Å². The van der Waals surface area contributed by atoms with Gasteiger partial charge in [0.1, 0.15) is 11.5 Å². The molecule has 1 heterocycles. The van der Waals surface area contributed by atoms with Crippen molar-refractivity contribution < 1.29 is 19.4 Å². The van der Waals surface area contributed by atoms with Crippen LogP contribution in [0.15, 0.2) is 54.6 Å². The maximum atomic E-state index is 11.9. The molecule has 0 saturated carbocycles. The van der Waals surface area contributed by atoms with Crippen LogP contribution in [-0.2, 0) is 0 Å². The molecular weight excluding hydrogens is 342 g/mol. The van der Waals surface area contributed by atoms with Crippen LogP contribution in [0.2, 0.25) is 0 Å². The van der Waals surface area contributed by atoms with Crippen LogP contribution < -0.4 is 14.6 Å². The average Bonchev–Trinajstić information content (AvgIpc) is 2.99. The quantitative estimate of drug-likeness (QED) is 0.559. The van der Waals surface area contributed by atoms with Crippen molar-refractivity contribution in [3.8, 4) is 17.2 Å². The van der Waals surface area contributed by atoms with E-state index in [0.717, 1.165) is 27.7 Å². The van der Waals surface area contributed by atoms with Crippen LogP contribution in [0, 0.1) is 6.92 Å². The average molecular weight is 360 g/mol. The molecule has 0 N–H and O–H groups in total. The lowest BCUT2D eigenvalue weighted by Gasteiger charge is -2.12. The lowest BCUT2D eigenvalue weighted by Crippen LogP contribution is -2.23. The fourth-order valence-corrected chi connectivity index (χ4v) is 3.71. The molecule has 4 aromatic rings. The van der Waals surface area contributed by atoms with Gasteiger partial charge < -0.3 is 23.9 Å². The Hall–Kier alpha value is -3.47. The fraction of sp³-hybridized carbons (Fsp3) is 0.136. The molecule has 4 rings (SSSR count). The van der Waals surface area contributed by atoms with E-state index >= 15 is 0 Å². The van der Waals surface area contributed by atoms with Crippen molar-refractivity contribution in [1.82, 2.24) is 4.57 Å². The summed E-state index contributed by atoms with van der Waals surface area (Å²) in [6.07, 6.45) is 0. The Morgan fingerprint density at radius 3 is 2.19 bits per heavy atom. The molecule has 0 atom stereocenters. The number of benzene rings is 3. The van der Waals surface area contributed by atoms with Gasteiger partial charge >= 0.3 is 0 Å². The SMILES string of the molecule is COc1ccc(-n2c(C)c(C(=O)[O-])c3cc(OC)c4ccccc4c32)cc1. The van der Waals surface area contributed by atoms with Crippen LogP contribution in [0.3, 0.4) is 0 Å². The number of aromatic nitrogens is 1. The van der Waals surface area contributed by atoms with Gasteiger partial charge in [0.25, 0.3) is 0 Å². The summed E-state index contributed by atoms with van der Waals surface area (Å²) < 4.78 is 12.7. The minimum absolute atomic E-state index is 0.171.